The number of sulfonamides is 1. The molecule has 0 saturated carbocycles. The van der Waals surface area contributed by atoms with E-state index in [-0.39, 0.29) is 35.6 Å². The Labute approximate surface area is 185 Å². The zero-order valence-corrected chi connectivity index (χ0v) is 18.5. The largest absolute Gasteiger partial charge is 0.339 e. The van der Waals surface area contributed by atoms with Crippen LogP contribution in [0.2, 0.25) is 0 Å². The molecule has 0 radical (unpaired) electrons. The Morgan fingerprint density at radius 1 is 1.12 bits per heavy atom. The van der Waals surface area contributed by atoms with Gasteiger partial charge in [-0.3, -0.25) is 4.79 Å². The second kappa shape index (κ2) is 8.79. The van der Waals surface area contributed by atoms with Crippen LogP contribution < -0.4 is 5.32 Å². The van der Waals surface area contributed by atoms with E-state index < -0.39 is 10.0 Å². The van der Waals surface area contributed by atoms with Gasteiger partial charge in [-0.25, -0.2) is 12.8 Å². The number of anilines is 1. The van der Waals surface area contributed by atoms with Crippen LogP contribution in [0, 0.1) is 25.6 Å². The lowest BCUT2D eigenvalue weighted by atomic mass is 9.97. The molecule has 0 spiro atoms. The van der Waals surface area contributed by atoms with Gasteiger partial charge in [0.05, 0.1) is 4.90 Å². The Kier molecular flexibility index (Phi) is 6.07. The Balaban J connectivity index is 1.46. The van der Waals surface area contributed by atoms with Crippen LogP contribution in [0.1, 0.15) is 24.3 Å². The van der Waals surface area contributed by atoms with Crippen molar-refractivity contribution in [2.24, 2.45) is 5.92 Å². The van der Waals surface area contributed by atoms with Crippen LogP contribution in [-0.2, 0) is 14.8 Å². The third-order valence-corrected chi connectivity index (χ3v) is 7.57. The topological polar surface area (TPSA) is 105 Å². The van der Waals surface area contributed by atoms with Crippen molar-refractivity contribution in [1.29, 1.82) is 0 Å². The van der Waals surface area contributed by atoms with Gasteiger partial charge in [-0.2, -0.15) is 9.29 Å². The van der Waals surface area contributed by atoms with Crippen LogP contribution in [0.3, 0.4) is 0 Å². The van der Waals surface area contributed by atoms with Crippen molar-refractivity contribution in [2.45, 2.75) is 31.6 Å². The van der Waals surface area contributed by atoms with Gasteiger partial charge in [-0.05, 0) is 55.7 Å². The average Bonchev–Trinajstić information content (AvgIpc) is 3.22. The summed E-state index contributed by atoms with van der Waals surface area (Å²) in [6, 6.07) is 10.6. The number of amides is 1. The maximum atomic E-state index is 13.3. The summed E-state index contributed by atoms with van der Waals surface area (Å²) in [4.78, 5) is 16.9. The van der Waals surface area contributed by atoms with Gasteiger partial charge in [0, 0.05) is 37.2 Å². The molecule has 1 aliphatic rings. The molecule has 2 aromatic carbocycles. The van der Waals surface area contributed by atoms with Gasteiger partial charge in [-0.15, -0.1) is 0 Å². The fourth-order valence-electron chi connectivity index (χ4n) is 3.71. The molecule has 1 N–H and O–H groups in total. The molecule has 10 heteroatoms. The second-order valence-corrected chi connectivity index (χ2v) is 9.70. The van der Waals surface area contributed by atoms with E-state index in [0.29, 0.717) is 41.4 Å². The average molecular weight is 459 g/mol. The zero-order chi connectivity index (χ0) is 22.9. The first kappa shape index (κ1) is 22.1. The first-order valence-electron chi connectivity index (χ1n) is 10.2. The minimum atomic E-state index is -3.76. The second-order valence-electron chi connectivity index (χ2n) is 7.79. The van der Waals surface area contributed by atoms with E-state index in [1.54, 1.807) is 32.0 Å². The quantitative estimate of drug-likeness (QED) is 0.627. The summed E-state index contributed by atoms with van der Waals surface area (Å²) in [6.45, 7) is 3.86. The van der Waals surface area contributed by atoms with Crippen molar-refractivity contribution >= 4 is 21.6 Å². The number of hydrogen-bond donors (Lipinski definition) is 1. The van der Waals surface area contributed by atoms with Crippen molar-refractivity contribution < 1.29 is 22.1 Å². The van der Waals surface area contributed by atoms with Crippen LogP contribution in [0.15, 0.2) is 51.9 Å². The summed E-state index contributed by atoms with van der Waals surface area (Å²) in [7, 11) is -3.76. The van der Waals surface area contributed by atoms with Crippen molar-refractivity contribution in [3.63, 3.8) is 0 Å². The van der Waals surface area contributed by atoms with Gasteiger partial charge in [-0.1, -0.05) is 17.3 Å². The maximum Gasteiger partial charge on any atom is 0.243 e. The highest BCUT2D eigenvalue weighted by molar-refractivity contribution is 7.89. The molecule has 4 rings (SSSR count). The van der Waals surface area contributed by atoms with E-state index in [1.165, 1.54) is 28.6 Å². The van der Waals surface area contributed by atoms with Crippen LogP contribution in [0.4, 0.5) is 10.1 Å². The van der Waals surface area contributed by atoms with Gasteiger partial charge in [0.15, 0.2) is 0 Å². The molecule has 1 aromatic heterocycles. The minimum Gasteiger partial charge on any atom is -0.339 e. The van der Waals surface area contributed by atoms with Gasteiger partial charge < -0.3 is 9.84 Å². The van der Waals surface area contributed by atoms with Crippen molar-refractivity contribution in [2.75, 3.05) is 18.4 Å². The summed E-state index contributed by atoms with van der Waals surface area (Å²) in [5, 5.41) is 6.62. The van der Waals surface area contributed by atoms with E-state index in [2.05, 4.69) is 15.5 Å². The van der Waals surface area contributed by atoms with Crippen LogP contribution >= 0.6 is 0 Å². The van der Waals surface area contributed by atoms with E-state index in [0.717, 1.165) is 0 Å². The third-order valence-electron chi connectivity index (χ3n) is 5.53. The summed E-state index contributed by atoms with van der Waals surface area (Å²) < 4.78 is 46.1. The molecule has 0 atom stereocenters. The molecule has 1 fully saturated rings. The number of aromatic nitrogens is 2. The highest BCUT2D eigenvalue weighted by atomic mass is 32.2. The lowest BCUT2D eigenvalue weighted by molar-refractivity contribution is -0.120. The Hall–Kier alpha value is -3.11. The molecule has 1 amide bonds. The van der Waals surface area contributed by atoms with Gasteiger partial charge in [0.1, 0.15) is 5.82 Å². The molecular weight excluding hydrogens is 435 g/mol. The zero-order valence-electron chi connectivity index (χ0n) is 17.7. The Morgan fingerprint density at radius 2 is 1.81 bits per heavy atom. The van der Waals surface area contributed by atoms with Crippen molar-refractivity contribution in [3.05, 3.63) is 59.7 Å². The molecule has 3 aromatic rings. The molecule has 32 heavy (non-hydrogen) atoms. The monoisotopic (exact) mass is 458 g/mol. The maximum absolute atomic E-state index is 13.3. The van der Waals surface area contributed by atoms with Crippen LogP contribution in [-0.4, -0.2) is 41.9 Å². The number of piperidine rings is 1. The minimum absolute atomic E-state index is 0.187. The predicted molar refractivity (Wildman–Crippen MR) is 116 cm³/mol. The summed E-state index contributed by atoms with van der Waals surface area (Å²) in [6.07, 6.45) is 0.796. The third kappa shape index (κ3) is 4.56. The van der Waals surface area contributed by atoms with Crippen molar-refractivity contribution in [1.82, 2.24) is 14.4 Å². The standard InChI is InChI=1S/C22H23FN4O4S/c1-14-3-4-17(21-24-15(2)31-26-21)13-20(14)32(29,30)27-11-9-16(10-12-27)22(28)25-19-7-5-18(23)6-8-19/h3-8,13,16H,9-12H2,1-2H3,(H,25,28). The fraction of sp³-hybridized carbons (Fsp3) is 0.318. The molecular formula is C22H23FN4O4S. The van der Waals surface area contributed by atoms with E-state index in [4.69, 9.17) is 4.52 Å². The molecule has 168 valence electrons. The lowest BCUT2D eigenvalue weighted by Crippen LogP contribution is -2.41. The number of carbonyl (C=O) groups excluding carboxylic acids is 1. The number of aryl methyl sites for hydroxylation is 2. The highest BCUT2D eigenvalue weighted by Gasteiger charge is 2.33. The van der Waals surface area contributed by atoms with Gasteiger partial charge >= 0.3 is 0 Å². The molecule has 0 unspecified atom stereocenters. The number of halogens is 1. The summed E-state index contributed by atoms with van der Waals surface area (Å²) in [5.74, 6) is -0.169. The lowest BCUT2D eigenvalue weighted by Gasteiger charge is -2.31. The smallest absolute Gasteiger partial charge is 0.243 e. The Morgan fingerprint density at radius 3 is 2.44 bits per heavy atom. The first-order chi connectivity index (χ1) is 15.2. The number of benzene rings is 2. The Bertz CT molecular complexity index is 1230. The highest BCUT2D eigenvalue weighted by Crippen LogP contribution is 2.29. The number of nitrogens with zero attached hydrogens (tertiary/aromatic N) is 3. The van der Waals surface area contributed by atoms with Crippen molar-refractivity contribution in [3.8, 4) is 11.4 Å². The molecule has 1 aliphatic heterocycles. The molecule has 1 saturated heterocycles. The fourth-order valence-corrected chi connectivity index (χ4v) is 5.43. The molecule has 0 bridgehead atoms. The van der Waals surface area contributed by atoms with Crippen LogP contribution in [0.25, 0.3) is 11.4 Å². The normalized spacial score (nSPS) is 15.6. The molecule has 0 aliphatic carbocycles. The van der Waals surface area contributed by atoms with Gasteiger partial charge in [0.25, 0.3) is 0 Å². The van der Waals surface area contributed by atoms with E-state index >= 15 is 0 Å². The summed E-state index contributed by atoms with van der Waals surface area (Å²) in [5.41, 5.74) is 1.68. The SMILES string of the molecule is Cc1nc(-c2ccc(C)c(S(=O)(=O)N3CCC(C(=O)Nc4ccc(F)cc4)CC3)c2)no1. The van der Waals surface area contributed by atoms with E-state index in [1.807, 2.05) is 0 Å². The summed E-state index contributed by atoms with van der Waals surface area (Å²) >= 11 is 0. The molecule has 8 nitrogen and oxygen atoms in total. The van der Waals surface area contributed by atoms with E-state index in [9.17, 15) is 17.6 Å². The number of hydrogen-bond acceptors (Lipinski definition) is 6. The first-order valence-corrected chi connectivity index (χ1v) is 11.7. The van der Waals surface area contributed by atoms with Crippen LogP contribution in [0.5, 0.6) is 0 Å². The predicted octanol–water partition coefficient (Wildman–Crippen LogP) is 3.53. The number of nitrogens with one attached hydrogen (secondary N) is 1. The number of carbonyl (C=O) groups is 1. The molecule has 2 heterocycles. The number of rotatable bonds is 5. The van der Waals surface area contributed by atoms with Gasteiger partial charge in [0.2, 0.25) is 27.6 Å².